The Balaban J connectivity index is 2.23. The van der Waals surface area contributed by atoms with E-state index in [1.807, 2.05) is 30.1 Å². The maximum absolute atomic E-state index is 5.78. The maximum Gasteiger partial charge on any atom is 0.126 e. The van der Waals surface area contributed by atoms with Crippen molar-refractivity contribution in [1.29, 1.82) is 0 Å². The molecular formula is C11H11N5. The third-order valence-electron chi connectivity index (χ3n) is 2.73. The minimum atomic E-state index is 0.586. The lowest BCUT2D eigenvalue weighted by molar-refractivity contribution is 0.797. The molecule has 0 radical (unpaired) electrons. The number of aromatic nitrogens is 4. The van der Waals surface area contributed by atoms with Gasteiger partial charge in [-0.3, -0.25) is 9.78 Å². The molecule has 0 spiro atoms. The highest BCUT2D eigenvalue weighted by molar-refractivity contribution is 5.86. The molecule has 3 N–H and O–H groups in total. The van der Waals surface area contributed by atoms with Crippen LogP contribution in [0.3, 0.4) is 0 Å². The largest absolute Gasteiger partial charge is 0.384 e. The van der Waals surface area contributed by atoms with Gasteiger partial charge in [-0.15, -0.1) is 0 Å². The van der Waals surface area contributed by atoms with Gasteiger partial charge >= 0.3 is 0 Å². The Bertz CT molecular complexity index is 649. The number of aryl methyl sites for hydroxylation is 1. The number of benzene rings is 1. The fraction of sp³-hybridized carbons (Fsp3) is 0.0909. The van der Waals surface area contributed by atoms with Gasteiger partial charge in [-0.05, 0) is 17.7 Å². The van der Waals surface area contributed by atoms with Gasteiger partial charge in [0.1, 0.15) is 5.82 Å². The fourth-order valence-corrected chi connectivity index (χ4v) is 1.86. The number of nitrogens with zero attached hydrogens (tertiary/aromatic N) is 3. The van der Waals surface area contributed by atoms with Crippen LogP contribution in [0.2, 0.25) is 0 Å². The molecular weight excluding hydrogens is 202 g/mol. The molecule has 5 nitrogen and oxygen atoms in total. The number of hydrogen-bond donors (Lipinski definition) is 2. The lowest BCUT2D eigenvalue weighted by Crippen LogP contribution is -1.89. The van der Waals surface area contributed by atoms with E-state index >= 15 is 0 Å². The van der Waals surface area contributed by atoms with E-state index in [4.69, 9.17) is 5.73 Å². The van der Waals surface area contributed by atoms with Crippen LogP contribution in [0.5, 0.6) is 0 Å². The Morgan fingerprint density at radius 3 is 2.94 bits per heavy atom. The fourth-order valence-electron chi connectivity index (χ4n) is 1.86. The lowest BCUT2D eigenvalue weighted by Gasteiger charge is -2.00. The molecule has 0 bridgehead atoms. The molecule has 3 aromatic rings. The molecule has 0 aliphatic carbocycles. The second-order valence-electron chi connectivity index (χ2n) is 3.74. The number of aromatic amines is 1. The molecule has 0 aliphatic heterocycles. The molecule has 3 rings (SSSR count). The van der Waals surface area contributed by atoms with Gasteiger partial charge in [-0.25, -0.2) is 0 Å². The summed E-state index contributed by atoms with van der Waals surface area (Å²) in [6.07, 6.45) is 3.57. The smallest absolute Gasteiger partial charge is 0.126 e. The summed E-state index contributed by atoms with van der Waals surface area (Å²) in [4.78, 5) is 0. The average molecular weight is 213 g/mol. The van der Waals surface area contributed by atoms with Crippen LogP contribution in [0.25, 0.3) is 22.0 Å². The zero-order valence-electron chi connectivity index (χ0n) is 8.81. The zero-order valence-corrected chi connectivity index (χ0v) is 8.81. The molecule has 2 heterocycles. The molecule has 0 aliphatic rings. The van der Waals surface area contributed by atoms with Crippen LogP contribution in [0, 0.1) is 0 Å². The van der Waals surface area contributed by atoms with Crippen molar-refractivity contribution in [2.24, 2.45) is 7.05 Å². The summed E-state index contributed by atoms with van der Waals surface area (Å²) in [6, 6.07) is 6.11. The molecule has 80 valence electrons. The number of H-pyrrole nitrogens is 1. The van der Waals surface area contributed by atoms with E-state index in [-0.39, 0.29) is 0 Å². The monoisotopic (exact) mass is 213 g/mol. The van der Waals surface area contributed by atoms with E-state index in [1.54, 1.807) is 6.20 Å². The van der Waals surface area contributed by atoms with Crippen molar-refractivity contribution in [2.75, 3.05) is 5.73 Å². The molecule has 0 amide bonds. The van der Waals surface area contributed by atoms with Crippen molar-refractivity contribution in [3.8, 4) is 11.1 Å². The minimum Gasteiger partial charge on any atom is -0.384 e. The first-order chi connectivity index (χ1) is 7.75. The molecule has 2 aromatic heterocycles. The molecule has 5 heteroatoms. The number of anilines is 1. The Morgan fingerprint density at radius 1 is 1.31 bits per heavy atom. The summed E-state index contributed by atoms with van der Waals surface area (Å²) in [7, 11) is 1.92. The molecule has 1 aromatic carbocycles. The number of rotatable bonds is 1. The summed E-state index contributed by atoms with van der Waals surface area (Å²) in [5, 5.41) is 11.9. The van der Waals surface area contributed by atoms with Crippen LogP contribution in [0.15, 0.2) is 30.6 Å². The first kappa shape index (κ1) is 8.96. The van der Waals surface area contributed by atoms with Crippen LogP contribution in [-0.2, 0) is 7.05 Å². The molecule has 0 atom stereocenters. The van der Waals surface area contributed by atoms with Gasteiger partial charge in [-0.1, -0.05) is 6.07 Å². The summed E-state index contributed by atoms with van der Waals surface area (Å²) in [5.74, 6) is 0.586. The summed E-state index contributed by atoms with van der Waals surface area (Å²) >= 11 is 0. The second kappa shape index (κ2) is 3.10. The number of nitrogen functional groups attached to an aromatic ring is 1. The van der Waals surface area contributed by atoms with Crippen molar-refractivity contribution < 1.29 is 0 Å². The van der Waals surface area contributed by atoms with Crippen LogP contribution in [0.1, 0.15) is 0 Å². The van der Waals surface area contributed by atoms with E-state index in [2.05, 4.69) is 21.4 Å². The maximum atomic E-state index is 5.78. The van der Waals surface area contributed by atoms with Crippen molar-refractivity contribution in [1.82, 2.24) is 20.0 Å². The van der Waals surface area contributed by atoms with Crippen molar-refractivity contribution in [3.05, 3.63) is 30.6 Å². The number of nitrogens with two attached hydrogens (primary N) is 1. The summed E-state index contributed by atoms with van der Waals surface area (Å²) in [6.45, 7) is 0. The van der Waals surface area contributed by atoms with E-state index in [1.165, 1.54) is 0 Å². The van der Waals surface area contributed by atoms with Crippen LogP contribution >= 0.6 is 0 Å². The van der Waals surface area contributed by atoms with Crippen LogP contribution in [-0.4, -0.2) is 20.0 Å². The van der Waals surface area contributed by atoms with Gasteiger partial charge in [0, 0.05) is 18.0 Å². The van der Waals surface area contributed by atoms with Gasteiger partial charge in [0.05, 0.1) is 17.9 Å². The van der Waals surface area contributed by atoms with E-state index in [9.17, 15) is 0 Å². The van der Waals surface area contributed by atoms with Gasteiger partial charge in [0.2, 0.25) is 0 Å². The topological polar surface area (TPSA) is 72.5 Å². The average Bonchev–Trinajstić information content (AvgIpc) is 2.86. The number of hydrogen-bond acceptors (Lipinski definition) is 3. The SMILES string of the molecule is Cn1ncc2cc(-c3cn[nH]c3N)ccc21. The number of nitrogens with one attached hydrogen (secondary N) is 1. The highest BCUT2D eigenvalue weighted by Gasteiger charge is 2.06. The summed E-state index contributed by atoms with van der Waals surface area (Å²) < 4.78 is 1.85. The lowest BCUT2D eigenvalue weighted by atomic mass is 10.1. The van der Waals surface area contributed by atoms with Gasteiger partial charge in [-0.2, -0.15) is 10.2 Å². The van der Waals surface area contributed by atoms with Gasteiger partial charge in [0.15, 0.2) is 0 Å². The van der Waals surface area contributed by atoms with Crippen molar-refractivity contribution in [3.63, 3.8) is 0 Å². The highest BCUT2D eigenvalue weighted by Crippen LogP contribution is 2.26. The Labute approximate surface area is 91.9 Å². The Morgan fingerprint density at radius 2 is 2.19 bits per heavy atom. The Kier molecular flexibility index (Phi) is 1.73. The van der Waals surface area contributed by atoms with Crippen molar-refractivity contribution >= 4 is 16.7 Å². The standard InChI is InChI=1S/C11H11N5/c1-16-10-3-2-7(4-8(10)5-14-16)9-6-13-15-11(9)12/h2-6H,1H3,(H3,12,13,15). The summed E-state index contributed by atoms with van der Waals surface area (Å²) in [5.41, 5.74) is 8.86. The van der Waals surface area contributed by atoms with Crippen LogP contribution in [0.4, 0.5) is 5.82 Å². The third-order valence-corrected chi connectivity index (χ3v) is 2.73. The van der Waals surface area contributed by atoms with E-state index in [0.717, 1.165) is 22.0 Å². The van der Waals surface area contributed by atoms with E-state index < -0.39 is 0 Å². The highest BCUT2D eigenvalue weighted by atomic mass is 15.2. The predicted octanol–water partition coefficient (Wildman–Crippen LogP) is 1.55. The molecule has 0 saturated heterocycles. The number of fused-ring (bicyclic) bond motifs is 1. The van der Waals surface area contributed by atoms with Crippen molar-refractivity contribution in [2.45, 2.75) is 0 Å². The molecule has 0 saturated carbocycles. The van der Waals surface area contributed by atoms with E-state index in [0.29, 0.717) is 5.82 Å². The molecule has 0 fully saturated rings. The molecule has 16 heavy (non-hydrogen) atoms. The normalized spacial score (nSPS) is 11.1. The Hall–Kier alpha value is -2.30. The van der Waals surface area contributed by atoms with Gasteiger partial charge in [0.25, 0.3) is 0 Å². The zero-order chi connectivity index (χ0) is 11.1. The van der Waals surface area contributed by atoms with Gasteiger partial charge < -0.3 is 5.73 Å². The van der Waals surface area contributed by atoms with Crippen LogP contribution < -0.4 is 5.73 Å². The first-order valence-electron chi connectivity index (χ1n) is 4.96. The third kappa shape index (κ3) is 1.18. The quantitative estimate of drug-likeness (QED) is 0.644. The predicted molar refractivity (Wildman–Crippen MR) is 62.7 cm³/mol. The first-order valence-corrected chi connectivity index (χ1v) is 4.96. The molecule has 0 unspecified atom stereocenters. The minimum absolute atomic E-state index is 0.586. The second-order valence-corrected chi connectivity index (χ2v) is 3.74.